The van der Waals surface area contributed by atoms with E-state index in [-0.39, 0.29) is 0 Å². The molecular formula is C20H29N5O3. The van der Waals surface area contributed by atoms with Crippen molar-refractivity contribution in [2.45, 2.75) is 13.0 Å². The van der Waals surface area contributed by atoms with Crippen molar-refractivity contribution in [2.24, 2.45) is 4.99 Å². The third-order valence-corrected chi connectivity index (χ3v) is 4.67. The second kappa shape index (κ2) is 10.6. The zero-order chi connectivity index (χ0) is 19.6. The van der Waals surface area contributed by atoms with Gasteiger partial charge in [-0.25, -0.2) is 0 Å². The number of hydrogen-bond donors (Lipinski definition) is 1. The predicted molar refractivity (Wildman–Crippen MR) is 108 cm³/mol. The SMILES string of the molecule is CN=C(NCCCOc1cccc(OC)c1)N1CCN(Cc2ccon2)CC1. The van der Waals surface area contributed by atoms with Crippen LogP contribution in [0.25, 0.3) is 0 Å². The molecule has 152 valence electrons. The van der Waals surface area contributed by atoms with E-state index in [9.17, 15) is 0 Å². The first-order chi connectivity index (χ1) is 13.8. The van der Waals surface area contributed by atoms with Gasteiger partial charge in [0.2, 0.25) is 0 Å². The third kappa shape index (κ3) is 5.88. The lowest BCUT2D eigenvalue weighted by Crippen LogP contribution is -2.52. The summed E-state index contributed by atoms with van der Waals surface area (Å²) in [5, 5.41) is 7.42. The summed E-state index contributed by atoms with van der Waals surface area (Å²) in [5.41, 5.74) is 0.979. The molecule has 0 saturated carbocycles. The van der Waals surface area contributed by atoms with Gasteiger partial charge in [-0.05, 0) is 18.6 Å². The molecule has 1 aliphatic rings. The van der Waals surface area contributed by atoms with Crippen molar-refractivity contribution in [2.75, 3.05) is 53.5 Å². The Bertz CT molecular complexity index is 727. The van der Waals surface area contributed by atoms with Crippen molar-refractivity contribution in [1.29, 1.82) is 0 Å². The molecule has 1 aromatic heterocycles. The lowest BCUT2D eigenvalue weighted by atomic mass is 10.3. The Morgan fingerprint density at radius 2 is 2.04 bits per heavy atom. The van der Waals surface area contributed by atoms with Crippen molar-refractivity contribution in [3.05, 3.63) is 42.3 Å². The Morgan fingerprint density at radius 1 is 1.21 bits per heavy atom. The molecule has 3 rings (SSSR count). The molecule has 1 N–H and O–H groups in total. The van der Waals surface area contributed by atoms with Crippen molar-refractivity contribution in [3.63, 3.8) is 0 Å². The smallest absolute Gasteiger partial charge is 0.193 e. The molecule has 8 heteroatoms. The van der Waals surface area contributed by atoms with Crippen LogP contribution in [0.2, 0.25) is 0 Å². The van der Waals surface area contributed by atoms with E-state index in [4.69, 9.17) is 14.0 Å². The van der Waals surface area contributed by atoms with Gasteiger partial charge >= 0.3 is 0 Å². The first kappa shape index (κ1) is 20.0. The number of benzene rings is 1. The number of methoxy groups -OCH3 is 1. The maximum Gasteiger partial charge on any atom is 0.193 e. The van der Waals surface area contributed by atoms with E-state index in [0.29, 0.717) is 6.61 Å². The first-order valence-corrected chi connectivity index (χ1v) is 9.62. The quantitative estimate of drug-likeness (QED) is 0.421. The van der Waals surface area contributed by atoms with E-state index in [1.54, 1.807) is 13.4 Å². The zero-order valence-corrected chi connectivity index (χ0v) is 16.6. The topological polar surface area (TPSA) is 75.4 Å². The molecule has 0 unspecified atom stereocenters. The maximum atomic E-state index is 5.78. The molecule has 1 saturated heterocycles. The van der Waals surface area contributed by atoms with Crippen LogP contribution >= 0.6 is 0 Å². The average molecular weight is 387 g/mol. The van der Waals surface area contributed by atoms with Crippen LogP contribution < -0.4 is 14.8 Å². The van der Waals surface area contributed by atoms with Crippen LogP contribution in [0.3, 0.4) is 0 Å². The van der Waals surface area contributed by atoms with Crippen LogP contribution in [0.4, 0.5) is 0 Å². The Balaban J connectivity index is 1.33. The lowest BCUT2D eigenvalue weighted by molar-refractivity contribution is 0.169. The molecular weight excluding hydrogens is 358 g/mol. The van der Waals surface area contributed by atoms with E-state index in [1.807, 2.05) is 37.4 Å². The molecule has 0 spiro atoms. The number of guanidine groups is 1. The number of aromatic nitrogens is 1. The maximum absolute atomic E-state index is 5.78. The van der Waals surface area contributed by atoms with Gasteiger partial charge in [-0.1, -0.05) is 11.2 Å². The van der Waals surface area contributed by atoms with E-state index in [1.165, 1.54) is 0 Å². The highest BCUT2D eigenvalue weighted by atomic mass is 16.5. The molecule has 1 aliphatic heterocycles. The highest BCUT2D eigenvalue weighted by molar-refractivity contribution is 5.79. The van der Waals surface area contributed by atoms with Crippen molar-refractivity contribution in [3.8, 4) is 11.5 Å². The highest BCUT2D eigenvalue weighted by Gasteiger charge is 2.20. The van der Waals surface area contributed by atoms with Crippen molar-refractivity contribution >= 4 is 5.96 Å². The molecule has 8 nitrogen and oxygen atoms in total. The molecule has 1 aromatic carbocycles. The summed E-state index contributed by atoms with van der Waals surface area (Å²) >= 11 is 0. The van der Waals surface area contributed by atoms with Crippen molar-refractivity contribution < 1.29 is 14.0 Å². The number of aliphatic imine (C=N–C) groups is 1. The fraction of sp³-hybridized carbons (Fsp3) is 0.500. The van der Waals surface area contributed by atoms with Gasteiger partial charge in [0.25, 0.3) is 0 Å². The average Bonchev–Trinajstić information content (AvgIpc) is 3.25. The number of nitrogens with one attached hydrogen (secondary N) is 1. The van der Waals surface area contributed by atoms with Crippen LogP contribution in [0.5, 0.6) is 11.5 Å². The molecule has 28 heavy (non-hydrogen) atoms. The minimum Gasteiger partial charge on any atom is -0.497 e. The predicted octanol–water partition coefficient (Wildman–Crippen LogP) is 1.85. The van der Waals surface area contributed by atoms with Gasteiger partial charge in [-0.3, -0.25) is 9.89 Å². The summed E-state index contributed by atoms with van der Waals surface area (Å²) in [5.74, 6) is 2.58. The van der Waals surface area contributed by atoms with E-state index in [2.05, 4.69) is 25.3 Å². The summed E-state index contributed by atoms with van der Waals surface area (Å²) in [7, 11) is 3.49. The van der Waals surface area contributed by atoms with E-state index >= 15 is 0 Å². The molecule has 0 atom stereocenters. The fourth-order valence-electron chi connectivity index (χ4n) is 3.15. The van der Waals surface area contributed by atoms with Crippen LogP contribution in [0.1, 0.15) is 12.1 Å². The van der Waals surface area contributed by atoms with Gasteiger partial charge in [0, 0.05) is 58.4 Å². The fourth-order valence-corrected chi connectivity index (χ4v) is 3.15. The largest absolute Gasteiger partial charge is 0.497 e. The Morgan fingerprint density at radius 3 is 2.75 bits per heavy atom. The number of rotatable bonds is 8. The molecule has 0 amide bonds. The first-order valence-electron chi connectivity index (χ1n) is 9.62. The number of nitrogens with zero attached hydrogens (tertiary/aromatic N) is 4. The number of hydrogen-bond acceptors (Lipinski definition) is 6. The van der Waals surface area contributed by atoms with E-state index < -0.39 is 0 Å². The second-order valence-electron chi connectivity index (χ2n) is 6.61. The van der Waals surface area contributed by atoms with Crippen LogP contribution in [0.15, 0.2) is 46.1 Å². The molecule has 1 fully saturated rings. The van der Waals surface area contributed by atoms with E-state index in [0.717, 1.165) is 68.8 Å². The van der Waals surface area contributed by atoms with Crippen LogP contribution in [-0.4, -0.2) is 74.4 Å². The standard InChI is InChI=1S/C20H29N5O3/c1-21-20(22-8-4-13-27-19-6-3-5-18(15-19)26-2)25-11-9-24(10-12-25)16-17-7-14-28-23-17/h3,5-7,14-15H,4,8-13,16H2,1-2H3,(H,21,22). The molecule has 2 aromatic rings. The summed E-state index contributed by atoms with van der Waals surface area (Å²) in [6.07, 6.45) is 2.51. The number of piperazine rings is 1. The Kier molecular flexibility index (Phi) is 7.54. The third-order valence-electron chi connectivity index (χ3n) is 4.67. The molecule has 0 radical (unpaired) electrons. The monoisotopic (exact) mass is 387 g/mol. The Labute approximate surface area is 166 Å². The van der Waals surface area contributed by atoms with Gasteiger partial charge in [0.05, 0.1) is 19.4 Å². The summed E-state index contributed by atoms with van der Waals surface area (Å²) in [6, 6.07) is 9.58. The Hall–Kier alpha value is -2.74. The van der Waals surface area contributed by atoms with Gasteiger partial charge < -0.3 is 24.2 Å². The molecule has 0 aliphatic carbocycles. The van der Waals surface area contributed by atoms with Crippen LogP contribution in [0, 0.1) is 0 Å². The summed E-state index contributed by atoms with van der Waals surface area (Å²) in [6.45, 7) is 6.13. The highest BCUT2D eigenvalue weighted by Crippen LogP contribution is 2.18. The van der Waals surface area contributed by atoms with Crippen LogP contribution in [-0.2, 0) is 6.54 Å². The minimum absolute atomic E-state index is 0.642. The van der Waals surface area contributed by atoms with Gasteiger partial charge in [0.15, 0.2) is 5.96 Å². The van der Waals surface area contributed by atoms with Gasteiger partial charge in [-0.2, -0.15) is 0 Å². The molecule has 2 heterocycles. The minimum atomic E-state index is 0.642. The summed E-state index contributed by atoms with van der Waals surface area (Å²) in [4.78, 5) is 9.09. The van der Waals surface area contributed by atoms with Gasteiger partial charge in [-0.15, -0.1) is 0 Å². The zero-order valence-electron chi connectivity index (χ0n) is 16.6. The van der Waals surface area contributed by atoms with Crippen molar-refractivity contribution in [1.82, 2.24) is 20.3 Å². The second-order valence-corrected chi connectivity index (χ2v) is 6.61. The molecule has 0 bridgehead atoms. The normalized spacial score (nSPS) is 15.5. The lowest BCUT2D eigenvalue weighted by Gasteiger charge is -2.36. The summed E-state index contributed by atoms with van der Waals surface area (Å²) < 4.78 is 15.9. The number of ether oxygens (including phenoxy) is 2. The van der Waals surface area contributed by atoms with Gasteiger partial charge in [0.1, 0.15) is 17.8 Å².